The Labute approximate surface area is 130 Å². The Morgan fingerprint density at radius 1 is 1.24 bits per heavy atom. The average molecular weight is 289 g/mol. The Bertz CT molecular complexity index is 411. The SMILES string of the molecule is CCCNCc1ccnc(N(C)C2CCC(CC)CC2)c1. The first kappa shape index (κ1) is 16.3. The Kier molecular flexibility index (Phi) is 6.50. The van der Waals surface area contributed by atoms with E-state index in [2.05, 4.69) is 48.2 Å². The molecule has 3 nitrogen and oxygen atoms in total. The third-order valence-corrected chi connectivity index (χ3v) is 4.87. The Hall–Kier alpha value is -1.09. The standard InChI is InChI=1S/C18H31N3/c1-4-11-19-14-16-10-12-20-18(13-16)21(3)17-8-6-15(5-2)7-9-17/h10,12-13,15,17,19H,4-9,11,14H2,1-3H3. The van der Waals surface area contributed by atoms with Crippen LogP contribution in [0, 0.1) is 5.92 Å². The van der Waals surface area contributed by atoms with Crippen molar-refractivity contribution in [2.75, 3.05) is 18.5 Å². The highest BCUT2D eigenvalue weighted by molar-refractivity contribution is 5.41. The van der Waals surface area contributed by atoms with Gasteiger partial charge in [0.15, 0.2) is 0 Å². The first-order chi connectivity index (χ1) is 10.2. The minimum Gasteiger partial charge on any atom is -0.357 e. The summed E-state index contributed by atoms with van der Waals surface area (Å²) in [5.74, 6) is 2.08. The Balaban J connectivity index is 1.92. The molecule has 0 saturated heterocycles. The second-order valence-corrected chi connectivity index (χ2v) is 6.39. The van der Waals surface area contributed by atoms with E-state index >= 15 is 0 Å². The number of rotatable bonds is 7. The molecular formula is C18H31N3. The summed E-state index contributed by atoms with van der Waals surface area (Å²) in [6.45, 7) is 6.54. The average Bonchev–Trinajstić information content (AvgIpc) is 2.55. The number of nitrogens with zero attached hydrogens (tertiary/aromatic N) is 2. The van der Waals surface area contributed by atoms with E-state index in [-0.39, 0.29) is 0 Å². The molecule has 21 heavy (non-hydrogen) atoms. The van der Waals surface area contributed by atoms with Crippen LogP contribution in [0.25, 0.3) is 0 Å². The van der Waals surface area contributed by atoms with E-state index < -0.39 is 0 Å². The molecule has 1 heterocycles. The number of nitrogens with one attached hydrogen (secondary N) is 1. The molecule has 0 bridgehead atoms. The molecule has 0 spiro atoms. The zero-order valence-corrected chi connectivity index (χ0v) is 13.9. The second-order valence-electron chi connectivity index (χ2n) is 6.39. The zero-order chi connectivity index (χ0) is 15.1. The molecule has 1 fully saturated rings. The number of hydrogen-bond acceptors (Lipinski definition) is 3. The fraction of sp³-hybridized carbons (Fsp3) is 0.722. The van der Waals surface area contributed by atoms with Crippen molar-refractivity contribution in [1.29, 1.82) is 0 Å². The van der Waals surface area contributed by atoms with Crippen molar-refractivity contribution in [2.45, 2.75) is 65.0 Å². The van der Waals surface area contributed by atoms with Crippen LogP contribution in [0.2, 0.25) is 0 Å². The highest BCUT2D eigenvalue weighted by atomic mass is 15.2. The van der Waals surface area contributed by atoms with Crippen molar-refractivity contribution in [1.82, 2.24) is 10.3 Å². The maximum atomic E-state index is 4.58. The van der Waals surface area contributed by atoms with Gasteiger partial charge in [-0.1, -0.05) is 20.3 Å². The predicted octanol–water partition coefficient (Wildman–Crippen LogP) is 3.99. The number of pyridine rings is 1. The molecule has 0 aliphatic heterocycles. The minimum absolute atomic E-state index is 0.666. The largest absolute Gasteiger partial charge is 0.357 e. The van der Waals surface area contributed by atoms with E-state index in [9.17, 15) is 0 Å². The molecule has 0 unspecified atom stereocenters. The van der Waals surface area contributed by atoms with Gasteiger partial charge >= 0.3 is 0 Å². The molecule has 1 saturated carbocycles. The minimum atomic E-state index is 0.666. The van der Waals surface area contributed by atoms with Crippen LogP contribution in [0.5, 0.6) is 0 Å². The van der Waals surface area contributed by atoms with Gasteiger partial charge in [-0.05, 0) is 62.3 Å². The van der Waals surface area contributed by atoms with Crippen LogP contribution in [0.15, 0.2) is 18.3 Å². The quantitative estimate of drug-likeness (QED) is 0.769. The number of hydrogen-bond donors (Lipinski definition) is 1. The molecule has 0 aromatic carbocycles. The maximum absolute atomic E-state index is 4.58. The lowest BCUT2D eigenvalue weighted by molar-refractivity contribution is 0.313. The summed E-state index contributed by atoms with van der Waals surface area (Å²) in [6, 6.07) is 5.03. The van der Waals surface area contributed by atoms with Crippen molar-refractivity contribution in [3.63, 3.8) is 0 Å². The first-order valence-electron chi connectivity index (χ1n) is 8.63. The van der Waals surface area contributed by atoms with Gasteiger partial charge in [-0.3, -0.25) is 0 Å². The summed E-state index contributed by atoms with van der Waals surface area (Å²) in [5.41, 5.74) is 1.34. The van der Waals surface area contributed by atoms with Crippen LogP contribution in [-0.2, 0) is 6.54 Å². The first-order valence-corrected chi connectivity index (χ1v) is 8.63. The molecular weight excluding hydrogens is 258 g/mol. The summed E-state index contributed by atoms with van der Waals surface area (Å²) in [7, 11) is 2.21. The summed E-state index contributed by atoms with van der Waals surface area (Å²) in [4.78, 5) is 6.98. The van der Waals surface area contributed by atoms with Gasteiger partial charge in [0.1, 0.15) is 5.82 Å². The lowest BCUT2D eigenvalue weighted by Gasteiger charge is -2.35. The van der Waals surface area contributed by atoms with Gasteiger partial charge in [0, 0.05) is 25.8 Å². The van der Waals surface area contributed by atoms with Gasteiger partial charge in [0.05, 0.1) is 0 Å². The topological polar surface area (TPSA) is 28.2 Å². The van der Waals surface area contributed by atoms with Crippen molar-refractivity contribution in [3.8, 4) is 0 Å². The molecule has 0 radical (unpaired) electrons. The Morgan fingerprint density at radius 3 is 2.67 bits per heavy atom. The van der Waals surface area contributed by atoms with Crippen molar-refractivity contribution >= 4 is 5.82 Å². The highest BCUT2D eigenvalue weighted by Gasteiger charge is 2.23. The van der Waals surface area contributed by atoms with Gasteiger partial charge in [0.2, 0.25) is 0 Å². The molecule has 2 rings (SSSR count). The highest BCUT2D eigenvalue weighted by Crippen LogP contribution is 2.30. The normalized spacial score (nSPS) is 22.2. The number of anilines is 1. The summed E-state index contributed by atoms with van der Waals surface area (Å²) in [6.07, 6.45) is 9.86. The third kappa shape index (κ3) is 4.70. The predicted molar refractivity (Wildman–Crippen MR) is 90.7 cm³/mol. The molecule has 1 aromatic heterocycles. The third-order valence-electron chi connectivity index (χ3n) is 4.87. The van der Waals surface area contributed by atoms with Gasteiger partial charge < -0.3 is 10.2 Å². The van der Waals surface area contributed by atoms with Crippen LogP contribution >= 0.6 is 0 Å². The monoisotopic (exact) mass is 289 g/mol. The Morgan fingerprint density at radius 2 is 2.00 bits per heavy atom. The zero-order valence-electron chi connectivity index (χ0n) is 13.9. The van der Waals surface area contributed by atoms with E-state index in [1.54, 1.807) is 0 Å². The van der Waals surface area contributed by atoms with Gasteiger partial charge in [-0.25, -0.2) is 4.98 Å². The van der Waals surface area contributed by atoms with Crippen LogP contribution < -0.4 is 10.2 Å². The smallest absolute Gasteiger partial charge is 0.128 e. The lowest BCUT2D eigenvalue weighted by Crippen LogP contribution is -2.35. The van der Waals surface area contributed by atoms with Gasteiger partial charge in [-0.2, -0.15) is 0 Å². The van der Waals surface area contributed by atoms with Gasteiger partial charge in [0.25, 0.3) is 0 Å². The van der Waals surface area contributed by atoms with Gasteiger partial charge in [-0.15, -0.1) is 0 Å². The van der Waals surface area contributed by atoms with E-state index in [1.807, 2.05) is 6.20 Å². The van der Waals surface area contributed by atoms with Crippen LogP contribution in [-0.4, -0.2) is 24.6 Å². The molecule has 1 aliphatic carbocycles. The molecule has 0 amide bonds. The molecule has 1 N–H and O–H groups in total. The van der Waals surface area contributed by atoms with E-state index in [0.29, 0.717) is 6.04 Å². The fourth-order valence-corrected chi connectivity index (χ4v) is 3.30. The van der Waals surface area contributed by atoms with Crippen LogP contribution in [0.3, 0.4) is 0 Å². The molecule has 118 valence electrons. The van der Waals surface area contributed by atoms with Crippen molar-refractivity contribution < 1.29 is 0 Å². The van der Waals surface area contributed by atoms with Crippen molar-refractivity contribution in [2.24, 2.45) is 5.92 Å². The van der Waals surface area contributed by atoms with Crippen LogP contribution in [0.4, 0.5) is 5.82 Å². The summed E-state index contributed by atoms with van der Waals surface area (Å²) >= 11 is 0. The summed E-state index contributed by atoms with van der Waals surface area (Å²) < 4.78 is 0. The second kappa shape index (κ2) is 8.38. The maximum Gasteiger partial charge on any atom is 0.128 e. The molecule has 3 heteroatoms. The van der Waals surface area contributed by atoms with E-state index in [4.69, 9.17) is 0 Å². The molecule has 0 atom stereocenters. The summed E-state index contributed by atoms with van der Waals surface area (Å²) in [5, 5.41) is 3.46. The lowest BCUT2D eigenvalue weighted by atomic mass is 9.84. The van der Waals surface area contributed by atoms with E-state index in [0.717, 1.165) is 24.8 Å². The van der Waals surface area contributed by atoms with Crippen LogP contribution in [0.1, 0.15) is 57.9 Å². The molecule has 1 aromatic rings. The fourth-order valence-electron chi connectivity index (χ4n) is 3.30. The molecule has 1 aliphatic rings. The number of aromatic nitrogens is 1. The van der Waals surface area contributed by atoms with Crippen molar-refractivity contribution in [3.05, 3.63) is 23.9 Å². The van der Waals surface area contributed by atoms with E-state index in [1.165, 1.54) is 44.1 Å².